The molecule has 0 bridgehead atoms. The third-order valence-electron chi connectivity index (χ3n) is 6.09. The number of aromatic nitrogens is 1. The Bertz CT molecular complexity index is 1320. The molecule has 2 aliphatic rings. The van der Waals surface area contributed by atoms with Crippen molar-refractivity contribution in [3.05, 3.63) is 67.6 Å². The van der Waals surface area contributed by atoms with Crippen LogP contribution < -0.4 is 10.5 Å². The third-order valence-corrected chi connectivity index (χ3v) is 7.47. The zero-order chi connectivity index (χ0) is 25.4. The summed E-state index contributed by atoms with van der Waals surface area (Å²) in [5.74, 6) is 0.0137. The average Bonchev–Trinajstić information content (AvgIpc) is 3.06. The molecule has 2 fully saturated rings. The molecule has 182 valence electrons. The van der Waals surface area contributed by atoms with E-state index >= 15 is 0 Å². The maximum atomic E-state index is 13.3. The van der Waals surface area contributed by atoms with Crippen molar-refractivity contribution in [1.82, 2.24) is 9.47 Å². The molecule has 7 nitrogen and oxygen atoms in total. The lowest BCUT2D eigenvalue weighted by Gasteiger charge is -2.38. The molecule has 2 saturated heterocycles. The van der Waals surface area contributed by atoms with Gasteiger partial charge in [-0.3, -0.25) is 19.1 Å². The molecule has 4 rings (SSSR count). The standard InChI is InChI=1S/C25H25FN4O3S2/c1-14-11-29(12-15(2)33-14)22-19(16(3)20(10-27)23(31)28(22)4)9-21-24(32)30(25(34)35-21)13-17-5-7-18(26)8-6-17/h5-9,14-15H,11-13H2,1-4H3. The van der Waals surface area contributed by atoms with Gasteiger partial charge in [0.05, 0.1) is 23.7 Å². The second-order valence-electron chi connectivity index (χ2n) is 8.77. The van der Waals surface area contributed by atoms with E-state index in [4.69, 9.17) is 17.0 Å². The minimum atomic E-state index is -0.382. The highest BCUT2D eigenvalue weighted by Crippen LogP contribution is 2.37. The number of thiocarbonyl (C=S) groups is 1. The van der Waals surface area contributed by atoms with Crippen LogP contribution in [-0.2, 0) is 23.1 Å². The lowest BCUT2D eigenvalue weighted by Crippen LogP contribution is -2.47. The predicted molar refractivity (Wildman–Crippen MR) is 138 cm³/mol. The van der Waals surface area contributed by atoms with Crippen molar-refractivity contribution in [2.45, 2.75) is 39.5 Å². The first-order valence-corrected chi connectivity index (χ1v) is 12.4. The van der Waals surface area contributed by atoms with Crippen molar-refractivity contribution >= 4 is 46.1 Å². The first kappa shape index (κ1) is 25.1. The first-order chi connectivity index (χ1) is 16.6. The summed E-state index contributed by atoms with van der Waals surface area (Å²) in [6.45, 7) is 7.02. The Morgan fingerprint density at radius 2 is 1.86 bits per heavy atom. The number of halogens is 1. The van der Waals surface area contributed by atoms with Crippen LogP contribution in [0.15, 0.2) is 34.0 Å². The van der Waals surface area contributed by atoms with Crippen LogP contribution in [0.25, 0.3) is 6.08 Å². The number of pyridine rings is 1. The number of hydrogen-bond acceptors (Lipinski definition) is 7. The van der Waals surface area contributed by atoms with Crippen LogP contribution in [0.3, 0.4) is 0 Å². The summed E-state index contributed by atoms with van der Waals surface area (Å²) in [5.41, 5.74) is 1.56. The molecule has 2 unspecified atom stereocenters. The summed E-state index contributed by atoms with van der Waals surface area (Å²) in [5, 5.41) is 9.67. The van der Waals surface area contributed by atoms with Crippen LogP contribution in [0.5, 0.6) is 0 Å². The summed E-state index contributed by atoms with van der Waals surface area (Å²) in [4.78, 5) is 30.2. The molecule has 2 atom stereocenters. The van der Waals surface area contributed by atoms with E-state index in [1.807, 2.05) is 19.9 Å². The fraction of sp³-hybridized carbons (Fsp3) is 0.360. The highest BCUT2D eigenvalue weighted by atomic mass is 32.2. The molecule has 0 spiro atoms. The molecule has 0 radical (unpaired) electrons. The van der Waals surface area contributed by atoms with Gasteiger partial charge in [-0.25, -0.2) is 4.39 Å². The number of morpholine rings is 1. The molecule has 10 heteroatoms. The maximum Gasteiger partial charge on any atom is 0.270 e. The van der Waals surface area contributed by atoms with Crippen LogP contribution >= 0.6 is 24.0 Å². The van der Waals surface area contributed by atoms with E-state index < -0.39 is 0 Å². The van der Waals surface area contributed by atoms with Crippen molar-refractivity contribution in [1.29, 1.82) is 5.26 Å². The van der Waals surface area contributed by atoms with Gasteiger partial charge in [-0.1, -0.05) is 36.1 Å². The van der Waals surface area contributed by atoms with Gasteiger partial charge in [-0.15, -0.1) is 0 Å². The van der Waals surface area contributed by atoms with Crippen molar-refractivity contribution in [2.24, 2.45) is 7.05 Å². The Morgan fingerprint density at radius 1 is 1.23 bits per heavy atom. The second-order valence-corrected chi connectivity index (χ2v) is 10.4. The summed E-state index contributed by atoms with van der Waals surface area (Å²) in [6.07, 6.45) is 1.62. The zero-order valence-electron chi connectivity index (χ0n) is 19.9. The van der Waals surface area contributed by atoms with Gasteiger partial charge in [-0.2, -0.15) is 5.26 Å². The number of amides is 1. The van der Waals surface area contributed by atoms with Crippen LogP contribution in [0, 0.1) is 24.1 Å². The first-order valence-electron chi connectivity index (χ1n) is 11.1. The Kier molecular flexibility index (Phi) is 7.12. The van der Waals surface area contributed by atoms with Crippen molar-refractivity contribution in [3.63, 3.8) is 0 Å². The lowest BCUT2D eigenvalue weighted by molar-refractivity contribution is -0.122. The van der Waals surface area contributed by atoms with Gasteiger partial charge in [0.25, 0.3) is 11.5 Å². The third kappa shape index (κ3) is 4.89. The van der Waals surface area contributed by atoms with Gasteiger partial charge < -0.3 is 9.64 Å². The van der Waals surface area contributed by atoms with E-state index in [9.17, 15) is 19.2 Å². The van der Waals surface area contributed by atoms with Crippen LogP contribution in [0.2, 0.25) is 0 Å². The number of carbonyl (C=O) groups is 1. The van der Waals surface area contributed by atoms with E-state index in [1.54, 1.807) is 32.2 Å². The molecule has 35 heavy (non-hydrogen) atoms. The number of carbonyl (C=O) groups excluding carboxylic acids is 1. The largest absolute Gasteiger partial charge is 0.372 e. The van der Waals surface area contributed by atoms with Gasteiger partial charge >= 0.3 is 0 Å². The van der Waals surface area contributed by atoms with Crippen molar-refractivity contribution < 1.29 is 13.9 Å². The molecule has 2 aromatic rings. The molecule has 3 heterocycles. The topological polar surface area (TPSA) is 78.6 Å². The lowest BCUT2D eigenvalue weighted by atomic mass is 10.0. The zero-order valence-corrected chi connectivity index (χ0v) is 21.5. The van der Waals surface area contributed by atoms with E-state index in [2.05, 4.69) is 4.90 Å². The SMILES string of the molecule is Cc1c(C=C2SC(=S)N(Cc3ccc(F)cc3)C2=O)c(N2CC(C)OC(C)C2)n(C)c(=O)c1C#N. The summed E-state index contributed by atoms with van der Waals surface area (Å²) >= 11 is 6.64. The van der Waals surface area contributed by atoms with Gasteiger partial charge in [0.2, 0.25) is 0 Å². The Balaban J connectivity index is 1.78. The minimum Gasteiger partial charge on any atom is -0.372 e. The molecule has 0 aliphatic carbocycles. The van der Waals surface area contributed by atoms with E-state index in [1.165, 1.54) is 33.4 Å². The van der Waals surface area contributed by atoms with Gasteiger partial charge in [0, 0.05) is 25.7 Å². The maximum absolute atomic E-state index is 13.3. The fourth-order valence-electron chi connectivity index (χ4n) is 4.48. The molecule has 1 aromatic heterocycles. The summed E-state index contributed by atoms with van der Waals surface area (Å²) in [7, 11) is 1.64. The summed E-state index contributed by atoms with van der Waals surface area (Å²) < 4.78 is 21.0. The van der Waals surface area contributed by atoms with E-state index in [0.29, 0.717) is 39.3 Å². The fourth-order valence-corrected chi connectivity index (χ4v) is 5.72. The molecular weight excluding hydrogens is 487 g/mol. The Morgan fingerprint density at radius 3 is 2.46 bits per heavy atom. The molecular formula is C25H25FN4O3S2. The molecule has 2 aliphatic heterocycles. The monoisotopic (exact) mass is 512 g/mol. The molecule has 1 aromatic carbocycles. The quantitative estimate of drug-likeness (QED) is 0.456. The van der Waals surface area contributed by atoms with Crippen LogP contribution in [0.1, 0.15) is 36.1 Å². The molecule has 0 N–H and O–H groups in total. The summed E-state index contributed by atoms with van der Waals surface area (Å²) in [6, 6.07) is 7.94. The highest BCUT2D eigenvalue weighted by molar-refractivity contribution is 8.26. The van der Waals surface area contributed by atoms with Crippen molar-refractivity contribution in [3.8, 4) is 6.07 Å². The number of anilines is 1. The predicted octanol–water partition coefficient (Wildman–Crippen LogP) is 3.72. The van der Waals surface area contributed by atoms with E-state index in [0.717, 1.165) is 5.56 Å². The minimum absolute atomic E-state index is 0.0404. The van der Waals surface area contributed by atoms with Gasteiger partial charge in [-0.05, 0) is 50.1 Å². The average molecular weight is 513 g/mol. The number of thioether (sulfide) groups is 1. The number of nitriles is 1. The smallest absolute Gasteiger partial charge is 0.270 e. The van der Waals surface area contributed by atoms with Crippen LogP contribution in [0.4, 0.5) is 10.2 Å². The van der Waals surface area contributed by atoms with Crippen molar-refractivity contribution in [2.75, 3.05) is 18.0 Å². The number of nitrogens with zero attached hydrogens (tertiary/aromatic N) is 4. The number of benzene rings is 1. The normalized spacial score (nSPS) is 21.7. The molecule has 0 saturated carbocycles. The number of ether oxygens (including phenoxy) is 1. The second kappa shape index (κ2) is 9.93. The van der Waals surface area contributed by atoms with Gasteiger partial charge in [0.15, 0.2) is 0 Å². The number of rotatable bonds is 4. The van der Waals surface area contributed by atoms with E-state index in [-0.39, 0.29) is 41.6 Å². The van der Waals surface area contributed by atoms with Crippen LogP contribution in [-0.4, -0.2) is 45.0 Å². The Labute approximate surface area is 212 Å². The molecule has 1 amide bonds. The Hall–Kier alpha value is -3.00. The highest BCUT2D eigenvalue weighted by Gasteiger charge is 2.34. The number of hydrogen-bond donors (Lipinski definition) is 0. The van der Waals surface area contributed by atoms with Gasteiger partial charge in [0.1, 0.15) is 27.6 Å².